The fourth-order valence-corrected chi connectivity index (χ4v) is 3.85. The molecule has 2 aromatic carbocycles. The molecule has 2 N–H and O–H groups in total. The predicted molar refractivity (Wildman–Crippen MR) is 133 cm³/mol. The molecule has 0 aliphatic carbocycles. The minimum Gasteiger partial charge on any atom is -0.463 e. The number of nitrogens with one attached hydrogen (secondary N) is 2. The maximum atomic E-state index is 13.3. The first-order chi connectivity index (χ1) is 16.4. The number of hydrogen-bond donors (Lipinski definition) is 2. The van der Waals surface area contributed by atoms with Crippen LogP contribution < -0.4 is 10.6 Å². The Morgan fingerprint density at radius 1 is 1.09 bits per heavy atom. The lowest BCUT2D eigenvalue weighted by Gasteiger charge is -2.37. The van der Waals surface area contributed by atoms with Crippen LogP contribution in [-0.2, 0) is 14.3 Å². The van der Waals surface area contributed by atoms with Crippen LogP contribution in [-0.4, -0.2) is 36.0 Å². The van der Waals surface area contributed by atoms with Crippen LogP contribution in [0, 0.1) is 5.92 Å². The van der Waals surface area contributed by atoms with Crippen molar-refractivity contribution in [3.05, 3.63) is 71.3 Å². The molecule has 2 aromatic rings. The summed E-state index contributed by atoms with van der Waals surface area (Å²) >= 11 is 0. The molecular weight excluding hydrogens is 430 g/mol. The maximum Gasteiger partial charge on any atom is 0.338 e. The van der Waals surface area contributed by atoms with Crippen LogP contribution in [0.25, 0.3) is 5.70 Å². The van der Waals surface area contributed by atoms with E-state index in [1.807, 2.05) is 50.2 Å². The van der Waals surface area contributed by atoms with E-state index < -0.39 is 12.0 Å². The molecule has 0 radical (unpaired) electrons. The van der Waals surface area contributed by atoms with Crippen LogP contribution >= 0.6 is 0 Å². The lowest BCUT2D eigenvalue weighted by Crippen LogP contribution is -2.48. The van der Waals surface area contributed by atoms with Crippen LogP contribution in [0.2, 0.25) is 0 Å². The first kappa shape index (κ1) is 25.0. The van der Waals surface area contributed by atoms with E-state index in [0.29, 0.717) is 29.1 Å². The molecule has 180 valence electrons. The lowest BCUT2D eigenvalue weighted by molar-refractivity contribution is -0.139. The zero-order chi connectivity index (χ0) is 24.7. The van der Waals surface area contributed by atoms with Gasteiger partial charge >= 0.3 is 12.0 Å². The van der Waals surface area contributed by atoms with E-state index in [-0.39, 0.29) is 24.5 Å². The Morgan fingerprint density at radius 2 is 1.82 bits per heavy atom. The summed E-state index contributed by atoms with van der Waals surface area (Å²) in [6.45, 7) is 8.14. The van der Waals surface area contributed by atoms with Gasteiger partial charge in [-0.05, 0) is 36.6 Å². The minimum atomic E-state index is -0.726. The number of esters is 1. The van der Waals surface area contributed by atoms with Gasteiger partial charge < -0.3 is 15.4 Å². The van der Waals surface area contributed by atoms with Crippen molar-refractivity contribution in [2.75, 3.05) is 18.5 Å². The molecule has 7 heteroatoms. The number of urea groups is 1. The number of carbonyl (C=O) groups is 3. The van der Waals surface area contributed by atoms with Crippen LogP contribution in [0.4, 0.5) is 10.5 Å². The number of nitrogens with zero attached hydrogens (tertiary/aromatic N) is 1. The average Bonchev–Trinajstić information content (AvgIpc) is 2.83. The topological polar surface area (TPSA) is 87.7 Å². The maximum absolute atomic E-state index is 13.3. The van der Waals surface area contributed by atoms with Crippen LogP contribution in [0.3, 0.4) is 0 Å². The lowest BCUT2D eigenvalue weighted by atomic mass is 9.91. The standard InChI is InChI=1S/C27H33N3O4/c1-5-7-16-30-24(19-12-9-8-10-13-19)22(26(32)34-6-2)23(29-27(30)33)20-14-11-15-21(17-20)28-25(31)18(3)4/h8-15,17-18,23H,5-7,16H2,1-4H3,(H,28,31)(H,29,33). The third kappa shape index (κ3) is 5.65. The summed E-state index contributed by atoms with van der Waals surface area (Å²) in [4.78, 5) is 40.5. The van der Waals surface area contributed by atoms with Gasteiger partial charge in [0.05, 0.1) is 23.9 Å². The molecule has 1 heterocycles. The van der Waals surface area contributed by atoms with Crippen molar-refractivity contribution >= 4 is 29.3 Å². The largest absolute Gasteiger partial charge is 0.463 e. The van der Waals surface area contributed by atoms with E-state index in [1.165, 1.54) is 0 Å². The van der Waals surface area contributed by atoms with Crippen molar-refractivity contribution in [3.63, 3.8) is 0 Å². The second kappa shape index (κ2) is 11.5. The predicted octanol–water partition coefficient (Wildman–Crippen LogP) is 5.12. The molecule has 1 atom stereocenters. The smallest absolute Gasteiger partial charge is 0.338 e. The number of hydrogen-bond acceptors (Lipinski definition) is 4. The summed E-state index contributed by atoms with van der Waals surface area (Å²) in [5, 5.41) is 5.89. The Balaban J connectivity index is 2.17. The number of rotatable bonds is 9. The molecule has 7 nitrogen and oxygen atoms in total. The second-order valence-corrected chi connectivity index (χ2v) is 8.51. The summed E-state index contributed by atoms with van der Waals surface area (Å²) in [6.07, 6.45) is 1.70. The number of ether oxygens (including phenoxy) is 1. The Morgan fingerprint density at radius 3 is 2.47 bits per heavy atom. The van der Waals surface area contributed by atoms with Gasteiger partial charge in [0.1, 0.15) is 0 Å². The second-order valence-electron chi connectivity index (χ2n) is 8.51. The zero-order valence-electron chi connectivity index (χ0n) is 20.3. The minimum absolute atomic E-state index is 0.110. The molecule has 34 heavy (non-hydrogen) atoms. The molecule has 1 aliphatic rings. The Hall–Kier alpha value is -3.61. The average molecular weight is 464 g/mol. The Kier molecular flexibility index (Phi) is 8.46. The van der Waals surface area contributed by atoms with Crippen molar-refractivity contribution in [2.45, 2.75) is 46.6 Å². The highest BCUT2D eigenvalue weighted by molar-refractivity contribution is 6.04. The van der Waals surface area contributed by atoms with Gasteiger partial charge in [0.15, 0.2) is 0 Å². The van der Waals surface area contributed by atoms with Crippen molar-refractivity contribution in [3.8, 4) is 0 Å². The molecule has 0 fully saturated rings. The number of unbranched alkanes of at least 4 members (excludes halogenated alkanes) is 1. The number of amides is 3. The van der Waals surface area contributed by atoms with Gasteiger partial charge in [-0.3, -0.25) is 9.69 Å². The van der Waals surface area contributed by atoms with E-state index in [2.05, 4.69) is 17.6 Å². The summed E-state index contributed by atoms with van der Waals surface area (Å²) in [5.74, 6) is -0.768. The van der Waals surface area contributed by atoms with Crippen molar-refractivity contribution in [2.24, 2.45) is 5.92 Å². The zero-order valence-corrected chi connectivity index (χ0v) is 20.3. The van der Waals surface area contributed by atoms with Gasteiger partial charge in [-0.15, -0.1) is 0 Å². The van der Waals surface area contributed by atoms with Crippen molar-refractivity contribution in [1.29, 1.82) is 0 Å². The van der Waals surface area contributed by atoms with Crippen LogP contribution in [0.5, 0.6) is 0 Å². The third-order valence-corrected chi connectivity index (χ3v) is 5.62. The molecule has 0 saturated heterocycles. The first-order valence-corrected chi connectivity index (χ1v) is 11.8. The van der Waals surface area contributed by atoms with Gasteiger partial charge in [0.2, 0.25) is 5.91 Å². The SMILES string of the molecule is CCCCN1C(=O)NC(c2cccc(NC(=O)C(C)C)c2)C(C(=O)OCC)=C1c1ccccc1. The van der Waals surface area contributed by atoms with E-state index in [4.69, 9.17) is 4.74 Å². The summed E-state index contributed by atoms with van der Waals surface area (Å²) in [7, 11) is 0. The number of carbonyl (C=O) groups excluding carboxylic acids is 3. The molecule has 3 amide bonds. The Bertz CT molecular complexity index is 1060. The monoisotopic (exact) mass is 463 g/mol. The van der Waals surface area contributed by atoms with E-state index in [9.17, 15) is 14.4 Å². The molecule has 1 unspecified atom stereocenters. The molecule has 0 saturated carbocycles. The highest BCUT2D eigenvalue weighted by Crippen LogP contribution is 2.37. The summed E-state index contributed by atoms with van der Waals surface area (Å²) < 4.78 is 5.45. The van der Waals surface area contributed by atoms with E-state index in [0.717, 1.165) is 18.4 Å². The van der Waals surface area contributed by atoms with Gasteiger partial charge in [0.25, 0.3) is 0 Å². The van der Waals surface area contributed by atoms with E-state index >= 15 is 0 Å². The summed E-state index contributed by atoms with van der Waals surface area (Å²) in [6, 6.07) is 15.6. The molecule has 3 rings (SSSR count). The molecular formula is C27H33N3O4. The molecule has 1 aliphatic heterocycles. The highest BCUT2D eigenvalue weighted by Gasteiger charge is 2.38. The third-order valence-electron chi connectivity index (χ3n) is 5.62. The fourth-order valence-electron chi connectivity index (χ4n) is 3.85. The van der Waals surface area contributed by atoms with Crippen molar-refractivity contribution < 1.29 is 19.1 Å². The number of anilines is 1. The van der Waals surface area contributed by atoms with Gasteiger partial charge in [-0.2, -0.15) is 0 Å². The van der Waals surface area contributed by atoms with Gasteiger partial charge in [-0.25, -0.2) is 9.59 Å². The van der Waals surface area contributed by atoms with Crippen LogP contribution in [0.1, 0.15) is 57.7 Å². The molecule has 0 aromatic heterocycles. The molecule has 0 bridgehead atoms. The summed E-state index contributed by atoms with van der Waals surface area (Å²) in [5.41, 5.74) is 2.98. The van der Waals surface area contributed by atoms with Gasteiger partial charge in [-0.1, -0.05) is 69.7 Å². The van der Waals surface area contributed by atoms with Gasteiger partial charge in [0, 0.05) is 18.2 Å². The van der Waals surface area contributed by atoms with Crippen LogP contribution in [0.15, 0.2) is 60.2 Å². The number of benzene rings is 2. The first-order valence-electron chi connectivity index (χ1n) is 11.8. The highest BCUT2D eigenvalue weighted by atomic mass is 16.5. The van der Waals surface area contributed by atoms with E-state index in [1.54, 1.807) is 30.0 Å². The fraction of sp³-hybridized carbons (Fsp3) is 0.370. The van der Waals surface area contributed by atoms with Crippen molar-refractivity contribution in [1.82, 2.24) is 10.2 Å². The normalized spacial score (nSPS) is 15.9. The quantitative estimate of drug-likeness (QED) is 0.505. The molecule has 0 spiro atoms. The Labute approximate surface area is 201 Å².